The van der Waals surface area contributed by atoms with Gasteiger partial charge in [-0.05, 0) is 0 Å². The molecule has 0 fully saturated rings. The second kappa shape index (κ2) is 6.80. The molecule has 0 heterocycles. The van der Waals surface area contributed by atoms with Crippen molar-refractivity contribution in [2.45, 2.75) is 0 Å². The lowest BCUT2D eigenvalue weighted by Crippen LogP contribution is -2.34. The van der Waals surface area contributed by atoms with Crippen molar-refractivity contribution in [1.29, 1.82) is 0 Å². The van der Waals surface area contributed by atoms with Gasteiger partial charge < -0.3 is 15.2 Å². The van der Waals surface area contributed by atoms with Crippen LogP contribution in [0.3, 0.4) is 0 Å². The highest BCUT2D eigenvalue weighted by Crippen LogP contribution is 2.36. The van der Waals surface area contributed by atoms with Crippen LogP contribution in [0, 0.1) is 0 Å². The molecule has 19 heavy (non-hydrogen) atoms. The summed E-state index contributed by atoms with van der Waals surface area (Å²) in [6.45, 7) is 0.324. The summed E-state index contributed by atoms with van der Waals surface area (Å²) in [6.07, 6.45) is 0. The van der Waals surface area contributed by atoms with Crippen LogP contribution in [0.2, 0.25) is 5.02 Å². The van der Waals surface area contributed by atoms with Crippen LogP contribution >= 0.6 is 11.6 Å². The van der Waals surface area contributed by atoms with Crippen molar-refractivity contribution >= 4 is 27.5 Å². The predicted molar refractivity (Wildman–Crippen MR) is 74.2 cm³/mol. The Balaban J connectivity index is 3.05. The van der Waals surface area contributed by atoms with E-state index in [0.717, 1.165) is 0 Å². The summed E-state index contributed by atoms with van der Waals surface area (Å²) in [5.41, 5.74) is 5.45. The lowest BCUT2D eigenvalue weighted by Gasteiger charge is -2.14. The summed E-state index contributed by atoms with van der Waals surface area (Å²) < 4.78 is 38.1. The number of hydrogen-bond acceptors (Lipinski definition) is 5. The lowest BCUT2D eigenvalue weighted by molar-refractivity contribution is 0.405. The van der Waals surface area contributed by atoms with Crippen LogP contribution in [0.1, 0.15) is 0 Å². The molecule has 7 nitrogen and oxygen atoms in total. The van der Waals surface area contributed by atoms with Crippen LogP contribution in [0.5, 0.6) is 11.5 Å². The maximum absolute atomic E-state index is 11.7. The molecule has 1 aromatic carbocycles. The molecule has 0 aliphatic rings. The third kappa shape index (κ3) is 4.43. The smallest absolute Gasteiger partial charge is 0.299 e. The molecule has 0 radical (unpaired) electrons. The number of hydrogen-bond donors (Lipinski definition) is 3. The Morgan fingerprint density at radius 3 is 2.42 bits per heavy atom. The quantitative estimate of drug-likeness (QED) is 0.683. The summed E-state index contributed by atoms with van der Waals surface area (Å²) in [5.74, 6) is 0.614. The van der Waals surface area contributed by atoms with E-state index >= 15 is 0 Å². The molecule has 1 aromatic rings. The Morgan fingerprint density at radius 1 is 1.26 bits per heavy atom. The second-order valence-electron chi connectivity index (χ2n) is 3.48. The van der Waals surface area contributed by atoms with Crippen molar-refractivity contribution in [3.05, 3.63) is 17.2 Å². The van der Waals surface area contributed by atoms with E-state index in [0.29, 0.717) is 10.8 Å². The SMILES string of the molecule is COc1cc(NS(=O)(=O)NCCN)c(OC)cc1Cl. The van der Waals surface area contributed by atoms with Gasteiger partial charge in [-0.25, -0.2) is 0 Å². The molecular weight excluding hydrogens is 294 g/mol. The number of nitrogens with one attached hydrogen (secondary N) is 2. The number of halogens is 1. The van der Waals surface area contributed by atoms with Gasteiger partial charge in [-0.15, -0.1) is 0 Å². The summed E-state index contributed by atoms with van der Waals surface area (Å²) in [6, 6.07) is 2.89. The first-order chi connectivity index (χ1) is 8.93. The van der Waals surface area contributed by atoms with E-state index in [4.69, 9.17) is 26.8 Å². The van der Waals surface area contributed by atoms with E-state index < -0.39 is 10.2 Å². The molecule has 0 aliphatic heterocycles. The summed E-state index contributed by atoms with van der Waals surface area (Å²) in [4.78, 5) is 0. The minimum Gasteiger partial charge on any atom is -0.495 e. The third-order valence-electron chi connectivity index (χ3n) is 2.15. The van der Waals surface area contributed by atoms with E-state index in [2.05, 4.69) is 9.44 Å². The molecular formula is C10H16ClN3O4S. The van der Waals surface area contributed by atoms with Crippen molar-refractivity contribution in [2.75, 3.05) is 32.0 Å². The first kappa shape index (κ1) is 15.8. The van der Waals surface area contributed by atoms with E-state index in [9.17, 15) is 8.42 Å². The first-order valence-corrected chi connectivity index (χ1v) is 7.18. The van der Waals surface area contributed by atoms with E-state index in [-0.39, 0.29) is 24.5 Å². The molecule has 0 aliphatic carbocycles. The highest BCUT2D eigenvalue weighted by atomic mass is 35.5. The van der Waals surface area contributed by atoms with Crippen LogP contribution in [0.15, 0.2) is 12.1 Å². The van der Waals surface area contributed by atoms with E-state index in [1.54, 1.807) is 0 Å². The average molecular weight is 310 g/mol. The Hall–Kier alpha value is -1.22. The molecule has 0 aromatic heterocycles. The summed E-state index contributed by atoms with van der Waals surface area (Å²) in [5, 5.41) is 0.317. The van der Waals surface area contributed by atoms with Crippen LogP contribution in [0.4, 0.5) is 5.69 Å². The maximum atomic E-state index is 11.7. The minimum atomic E-state index is -3.73. The Bertz CT molecular complexity index is 536. The molecule has 0 amide bonds. The Morgan fingerprint density at radius 2 is 1.89 bits per heavy atom. The van der Waals surface area contributed by atoms with Crippen molar-refractivity contribution in [1.82, 2.24) is 4.72 Å². The summed E-state index contributed by atoms with van der Waals surface area (Å²) in [7, 11) is -0.891. The Kier molecular flexibility index (Phi) is 5.67. The normalized spacial score (nSPS) is 11.2. The zero-order valence-electron chi connectivity index (χ0n) is 10.6. The average Bonchev–Trinajstić information content (AvgIpc) is 2.37. The van der Waals surface area contributed by atoms with E-state index in [1.807, 2.05) is 0 Å². The number of nitrogens with two attached hydrogens (primary N) is 1. The number of rotatable bonds is 7. The molecule has 4 N–H and O–H groups in total. The van der Waals surface area contributed by atoms with Crippen molar-refractivity contribution in [2.24, 2.45) is 5.73 Å². The van der Waals surface area contributed by atoms with Gasteiger partial charge in [0, 0.05) is 25.2 Å². The molecule has 0 spiro atoms. The fraction of sp³-hybridized carbons (Fsp3) is 0.400. The van der Waals surface area contributed by atoms with Crippen LogP contribution in [0.25, 0.3) is 0 Å². The van der Waals surface area contributed by atoms with Gasteiger partial charge in [-0.3, -0.25) is 4.72 Å². The number of anilines is 1. The zero-order valence-corrected chi connectivity index (χ0v) is 12.1. The fourth-order valence-corrected chi connectivity index (χ4v) is 2.45. The van der Waals surface area contributed by atoms with Gasteiger partial charge in [0.05, 0.1) is 24.9 Å². The molecule has 0 unspecified atom stereocenters. The van der Waals surface area contributed by atoms with Gasteiger partial charge in [0.25, 0.3) is 10.2 Å². The standard InChI is InChI=1S/C10H16ClN3O4S/c1-17-9-6-8(10(18-2)5-7(9)11)14-19(15,16)13-4-3-12/h5-6,13-14H,3-4,12H2,1-2H3. The largest absolute Gasteiger partial charge is 0.495 e. The van der Waals surface area contributed by atoms with E-state index in [1.165, 1.54) is 26.4 Å². The third-order valence-corrected chi connectivity index (χ3v) is 3.52. The number of benzene rings is 1. The minimum absolute atomic E-state index is 0.127. The predicted octanol–water partition coefficient (Wildman–Crippen LogP) is 0.562. The van der Waals surface area contributed by atoms with Crippen molar-refractivity contribution in [3.63, 3.8) is 0 Å². The molecule has 0 bridgehead atoms. The van der Waals surface area contributed by atoms with Crippen LogP contribution < -0.4 is 24.7 Å². The molecule has 1 rings (SSSR count). The van der Waals surface area contributed by atoms with Gasteiger partial charge in [0.15, 0.2) is 0 Å². The van der Waals surface area contributed by atoms with Crippen molar-refractivity contribution in [3.8, 4) is 11.5 Å². The molecule has 9 heteroatoms. The van der Waals surface area contributed by atoms with Gasteiger partial charge in [-0.2, -0.15) is 13.1 Å². The lowest BCUT2D eigenvalue weighted by atomic mass is 10.3. The molecule has 0 saturated heterocycles. The van der Waals surface area contributed by atoms with Gasteiger partial charge >= 0.3 is 0 Å². The highest BCUT2D eigenvalue weighted by Gasteiger charge is 2.15. The fourth-order valence-electron chi connectivity index (χ4n) is 1.31. The summed E-state index contributed by atoms with van der Waals surface area (Å²) >= 11 is 5.92. The highest BCUT2D eigenvalue weighted by molar-refractivity contribution is 7.90. The maximum Gasteiger partial charge on any atom is 0.299 e. The van der Waals surface area contributed by atoms with Gasteiger partial charge in [0.1, 0.15) is 11.5 Å². The van der Waals surface area contributed by atoms with Crippen molar-refractivity contribution < 1.29 is 17.9 Å². The second-order valence-corrected chi connectivity index (χ2v) is 5.38. The molecule has 108 valence electrons. The van der Waals surface area contributed by atoms with Gasteiger partial charge in [0.2, 0.25) is 0 Å². The van der Waals surface area contributed by atoms with Crippen LogP contribution in [-0.2, 0) is 10.2 Å². The topological polar surface area (TPSA) is 103 Å². The van der Waals surface area contributed by atoms with Gasteiger partial charge in [-0.1, -0.05) is 11.6 Å². The monoisotopic (exact) mass is 309 g/mol. The molecule has 0 atom stereocenters. The van der Waals surface area contributed by atoms with Crippen LogP contribution in [-0.4, -0.2) is 35.7 Å². The Labute approximate surface area is 117 Å². The first-order valence-electron chi connectivity index (χ1n) is 5.32. The zero-order chi connectivity index (χ0) is 14.5. The number of methoxy groups -OCH3 is 2. The molecule has 0 saturated carbocycles. The number of ether oxygens (including phenoxy) is 2.